The molecule has 10 heteroatoms. The molecule has 0 fully saturated rings. The Balaban J connectivity index is 1.79. The van der Waals surface area contributed by atoms with Crippen LogP contribution in [-0.2, 0) is 37.3 Å². The third-order valence-corrected chi connectivity index (χ3v) is 10.8. The monoisotopic (exact) mass is 623 g/mol. The number of carbonyl (C=O) groups is 1. The first-order valence-electron chi connectivity index (χ1n) is 13.7. The number of carbonyl (C=O) groups excluding carboxylic acids is 1. The standard InChI is InChI=1S/C33H37NO7S2/c1-21-18-28(39-4)22(2)23(3)31(21)43(37,38)34(27(32(35)40-5)19-24-10-8-7-9-11-24)20-25-12-14-26(15-13-25)29-16-17-30(42-29)33(36)41-6/h7-18,27,33,36H,19-20H2,1-6H3/t27-,33?/m0/s1. The number of benzene rings is 3. The second-order valence-electron chi connectivity index (χ2n) is 10.2. The molecule has 43 heavy (non-hydrogen) atoms. The van der Waals surface area contributed by atoms with Crippen molar-refractivity contribution in [1.82, 2.24) is 4.31 Å². The molecule has 3 aromatic carbocycles. The molecule has 2 atom stereocenters. The van der Waals surface area contributed by atoms with Crippen LogP contribution < -0.4 is 4.74 Å². The first-order valence-corrected chi connectivity index (χ1v) is 16.0. The van der Waals surface area contributed by atoms with Crippen LogP contribution in [0.25, 0.3) is 10.4 Å². The van der Waals surface area contributed by atoms with Gasteiger partial charge in [-0.25, -0.2) is 8.42 Å². The largest absolute Gasteiger partial charge is 0.496 e. The molecule has 1 aromatic heterocycles. The second kappa shape index (κ2) is 13.8. The molecule has 1 N–H and O–H groups in total. The van der Waals surface area contributed by atoms with Crippen LogP contribution in [0.3, 0.4) is 0 Å². The average Bonchev–Trinajstić information content (AvgIpc) is 3.51. The number of hydrogen-bond acceptors (Lipinski definition) is 8. The Morgan fingerprint density at radius 3 is 2.19 bits per heavy atom. The van der Waals surface area contributed by atoms with Crippen LogP contribution in [0, 0.1) is 20.8 Å². The molecule has 0 aliphatic rings. The van der Waals surface area contributed by atoms with E-state index in [1.54, 1.807) is 27.0 Å². The van der Waals surface area contributed by atoms with Gasteiger partial charge in [0, 0.05) is 18.5 Å². The van der Waals surface area contributed by atoms with Gasteiger partial charge in [-0.2, -0.15) is 4.31 Å². The van der Waals surface area contributed by atoms with Crippen molar-refractivity contribution in [2.45, 2.75) is 51.0 Å². The Morgan fingerprint density at radius 2 is 1.58 bits per heavy atom. The van der Waals surface area contributed by atoms with Gasteiger partial charge in [0.25, 0.3) is 0 Å². The van der Waals surface area contributed by atoms with Crippen LogP contribution in [-0.4, -0.2) is 51.2 Å². The third kappa shape index (κ3) is 7.00. The van der Waals surface area contributed by atoms with Gasteiger partial charge in [-0.15, -0.1) is 11.3 Å². The summed E-state index contributed by atoms with van der Waals surface area (Å²) >= 11 is 1.41. The fourth-order valence-corrected chi connectivity index (χ4v) is 8.13. The van der Waals surface area contributed by atoms with E-state index in [2.05, 4.69) is 0 Å². The molecule has 228 valence electrons. The van der Waals surface area contributed by atoms with Crippen molar-refractivity contribution < 1.29 is 32.5 Å². The van der Waals surface area contributed by atoms with Crippen molar-refractivity contribution in [3.8, 4) is 16.2 Å². The fourth-order valence-electron chi connectivity index (χ4n) is 5.10. The summed E-state index contributed by atoms with van der Waals surface area (Å²) in [5.41, 5.74) is 4.21. The summed E-state index contributed by atoms with van der Waals surface area (Å²) in [4.78, 5) is 15.1. The predicted octanol–water partition coefficient (Wildman–Crippen LogP) is 5.96. The van der Waals surface area contributed by atoms with Crippen LogP contribution in [0.2, 0.25) is 0 Å². The molecule has 0 saturated carbocycles. The lowest BCUT2D eigenvalue weighted by molar-refractivity contribution is -0.145. The lowest BCUT2D eigenvalue weighted by Gasteiger charge is -2.31. The number of methoxy groups -OCH3 is 3. The highest BCUT2D eigenvalue weighted by Gasteiger charge is 2.39. The maximum atomic E-state index is 14.6. The number of thiophene rings is 1. The maximum absolute atomic E-state index is 14.6. The zero-order chi connectivity index (χ0) is 31.3. The highest BCUT2D eigenvalue weighted by atomic mass is 32.2. The molecular formula is C33H37NO7S2. The normalized spacial score (nSPS) is 13.1. The summed E-state index contributed by atoms with van der Waals surface area (Å²) < 4.78 is 46.1. The molecule has 0 radical (unpaired) electrons. The van der Waals surface area contributed by atoms with Crippen molar-refractivity contribution in [1.29, 1.82) is 0 Å². The lowest BCUT2D eigenvalue weighted by Crippen LogP contribution is -2.46. The van der Waals surface area contributed by atoms with E-state index in [1.165, 1.54) is 29.9 Å². The van der Waals surface area contributed by atoms with Gasteiger partial charge in [0.05, 0.1) is 24.0 Å². The molecule has 0 saturated heterocycles. The van der Waals surface area contributed by atoms with Gasteiger partial charge in [-0.3, -0.25) is 4.79 Å². The minimum Gasteiger partial charge on any atom is -0.496 e. The van der Waals surface area contributed by atoms with Gasteiger partial charge in [-0.05, 0) is 78.8 Å². The number of sulfonamides is 1. The summed E-state index contributed by atoms with van der Waals surface area (Å²) in [6, 6.07) is 21.1. The van der Waals surface area contributed by atoms with E-state index >= 15 is 0 Å². The molecule has 0 amide bonds. The summed E-state index contributed by atoms with van der Waals surface area (Å²) in [7, 11) is 0.0406. The van der Waals surface area contributed by atoms with E-state index in [9.17, 15) is 18.3 Å². The van der Waals surface area contributed by atoms with E-state index < -0.39 is 28.3 Å². The Labute approximate surface area is 257 Å². The lowest BCUT2D eigenvalue weighted by atomic mass is 10.0. The van der Waals surface area contributed by atoms with Crippen LogP contribution in [0.1, 0.15) is 39.0 Å². The number of nitrogens with zero attached hydrogens (tertiary/aromatic N) is 1. The minimum absolute atomic E-state index is 0.0583. The van der Waals surface area contributed by atoms with Crippen molar-refractivity contribution >= 4 is 27.3 Å². The highest BCUT2D eigenvalue weighted by Crippen LogP contribution is 2.35. The molecule has 4 aromatic rings. The fraction of sp³-hybridized carbons (Fsp3) is 0.303. The Bertz CT molecular complexity index is 1670. The molecule has 4 rings (SSSR count). The Kier molecular flexibility index (Phi) is 10.4. The molecule has 1 unspecified atom stereocenters. The summed E-state index contributed by atoms with van der Waals surface area (Å²) in [6.45, 7) is 5.25. The zero-order valence-electron chi connectivity index (χ0n) is 25.2. The Hall–Kier alpha value is -3.54. The smallest absolute Gasteiger partial charge is 0.324 e. The van der Waals surface area contributed by atoms with E-state index in [0.717, 1.165) is 16.0 Å². The topological polar surface area (TPSA) is 102 Å². The van der Waals surface area contributed by atoms with E-state index in [4.69, 9.17) is 14.2 Å². The minimum atomic E-state index is -4.22. The van der Waals surface area contributed by atoms with Crippen LogP contribution >= 0.6 is 11.3 Å². The number of aliphatic hydroxyl groups excluding tert-OH is 1. The first kappa shape index (κ1) is 32.4. The molecule has 8 nitrogen and oxygen atoms in total. The molecule has 1 heterocycles. The molecule has 0 bridgehead atoms. The van der Waals surface area contributed by atoms with Gasteiger partial charge < -0.3 is 19.3 Å². The summed E-state index contributed by atoms with van der Waals surface area (Å²) in [6.07, 6.45) is -0.858. The van der Waals surface area contributed by atoms with E-state index in [-0.39, 0.29) is 17.9 Å². The number of aryl methyl sites for hydroxylation is 1. The second-order valence-corrected chi connectivity index (χ2v) is 13.2. The van der Waals surface area contributed by atoms with Gasteiger partial charge in [0.15, 0.2) is 6.29 Å². The molecule has 0 aliphatic carbocycles. The number of rotatable bonds is 12. The number of hydrogen-bond donors (Lipinski definition) is 1. The van der Waals surface area contributed by atoms with Gasteiger partial charge in [-0.1, -0.05) is 54.6 Å². The van der Waals surface area contributed by atoms with Crippen LogP contribution in [0.4, 0.5) is 0 Å². The average molecular weight is 624 g/mol. The third-order valence-electron chi connectivity index (χ3n) is 7.53. The van der Waals surface area contributed by atoms with Gasteiger partial charge in [0.2, 0.25) is 10.0 Å². The van der Waals surface area contributed by atoms with Gasteiger partial charge in [0.1, 0.15) is 11.8 Å². The summed E-state index contributed by atoms with van der Waals surface area (Å²) in [5, 5.41) is 9.99. The quantitative estimate of drug-likeness (QED) is 0.153. The van der Waals surface area contributed by atoms with E-state index in [1.807, 2.05) is 73.7 Å². The summed E-state index contributed by atoms with van der Waals surface area (Å²) in [5.74, 6) is -0.0490. The number of aliphatic hydroxyl groups is 1. The number of ether oxygens (including phenoxy) is 3. The molecule has 0 spiro atoms. The van der Waals surface area contributed by atoms with Crippen molar-refractivity contribution in [2.75, 3.05) is 21.3 Å². The Morgan fingerprint density at radius 1 is 0.907 bits per heavy atom. The molecular weight excluding hydrogens is 586 g/mol. The number of esters is 1. The SMILES string of the molecule is COC(=O)[C@H](Cc1ccccc1)N(Cc1ccc(-c2ccc(C(O)OC)s2)cc1)S(=O)(=O)c1c(C)cc(OC)c(C)c1C. The predicted molar refractivity (Wildman–Crippen MR) is 168 cm³/mol. The first-order chi connectivity index (χ1) is 20.5. The molecule has 0 aliphatic heterocycles. The van der Waals surface area contributed by atoms with Crippen LogP contribution in [0.15, 0.2) is 77.7 Å². The van der Waals surface area contributed by atoms with Crippen LogP contribution in [0.5, 0.6) is 5.75 Å². The van der Waals surface area contributed by atoms with Crippen molar-refractivity contribution in [3.05, 3.63) is 105 Å². The maximum Gasteiger partial charge on any atom is 0.324 e. The highest BCUT2D eigenvalue weighted by molar-refractivity contribution is 7.89. The zero-order valence-corrected chi connectivity index (χ0v) is 26.8. The van der Waals surface area contributed by atoms with E-state index in [0.29, 0.717) is 32.9 Å². The van der Waals surface area contributed by atoms with Crippen molar-refractivity contribution in [3.63, 3.8) is 0 Å². The van der Waals surface area contributed by atoms with Crippen molar-refractivity contribution in [2.24, 2.45) is 0 Å². The van der Waals surface area contributed by atoms with Gasteiger partial charge >= 0.3 is 5.97 Å².